The Bertz CT molecular complexity index is 589. The molecule has 1 unspecified atom stereocenters. The van der Waals surface area contributed by atoms with Crippen LogP contribution in [0.2, 0.25) is 5.02 Å². The normalized spacial score (nSPS) is 12.9. The molecule has 0 bridgehead atoms. The second-order valence-electron chi connectivity index (χ2n) is 3.84. The summed E-state index contributed by atoms with van der Waals surface area (Å²) in [6.45, 7) is -0.221. The van der Waals surface area contributed by atoms with Gasteiger partial charge in [0.25, 0.3) is 0 Å². The minimum absolute atomic E-state index is 0.0729. The minimum Gasteiger partial charge on any atom is -0.495 e. The van der Waals surface area contributed by atoms with Crippen LogP contribution in [-0.2, 0) is 14.8 Å². The van der Waals surface area contributed by atoms with Crippen LogP contribution >= 0.6 is 11.6 Å². The van der Waals surface area contributed by atoms with Crippen molar-refractivity contribution in [2.24, 2.45) is 0 Å². The van der Waals surface area contributed by atoms with Crippen LogP contribution in [0, 0.1) is 0 Å². The van der Waals surface area contributed by atoms with Gasteiger partial charge in [-0.05, 0) is 18.6 Å². The van der Waals surface area contributed by atoms with Crippen LogP contribution in [-0.4, -0.2) is 44.4 Å². The van der Waals surface area contributed by atoms with Gasteiger partial charge in [0, 0.05) is 17.6 Å². The van der Waals surface area contributed by atoms with Crippen molar-refractivity contribution in [1.82, 2.24) is 4.72 Å². The molecular weight excluding hydrogens is 310 g/mol. The molecule has 0 amide bonds. The lowest BCUT2D eigenvalue weighted by molar-refractivity contribution is -0.146. The van der Waals surface area contributed by atoms with E-state index < -0.39 is 22.1 Å². The van der Waals surface area contributed by atoms with Gasteiger partial charge in [-0.2, -0.15) is 0 Å². The molecule has 9 heteroatoms. The highest BCUT2D eigenvalue weighted by Crippen LogP contribution is 2.26. The van der Waals surface area contributed by atoms with Crippen LogP contribution in [0.25, 0.3) is 0 Å². The van der Waals surface area contributed by atoms with E-state index >= 15 is 0 Å². The number of sulfonamides is 1. The molecule has 7 nitrogen and oxygen atoms in total. The lowest BCUT2D eigenvalue weighted by Gasteiger charge is -2.11. The number of benzene rings is 1. The van der Waals surface area contributed by atoms with Crippen LogP contribution in [0.15, 0.2) is 23.1 Å². The maximum Gasteiger partial charge on any atom is 0.332 e. The van der Waals surface area contributed by atoms with E-state index in [1.807, 2.05) is 0 Å². The van der Waals surface area contributed by atoms with Gasteiger partial charge in [-0.1, -0.05) is 11.6 Å². The maximum absolute atomic E-state index is 12.0. The number of carboxylic acids is 1. The van der Waals surface area contributed by atoms with E-state index in [9.17, 15) is 13.2 Å². The molecule has 112 valence electrons. The molecule has 1 rings (SSSR count). The zero-order valence-corrected chi connectivity index (χ0v) is 12.1. The van der Waals surface area contributed by atoms with Gasteiger partial charge in [0.15, 0.2) is 6.10 Å². The van der Waals surface area contributed by atoms with Gasteiger partial charge in [0.2, 0.25) is 10.0 Å². The Hall–Kier alpha value is -1.35. The first-order valence-electron chi connectivity index (χ1n) is 5.52. The highest BCUT2D eigenvalue weighted by Gasteiger charge is 2.20. The number of hydrogen-bond acceptors (Lipinski definition) is 5. The topological polar surface area (TPSA) is 113 Å². The summed E-state index contributed by atoms with van der Waals surface area (Å²) in [5.74, 6) is -1.34. The molecule has 0 saturated heterocycles. The third kappa shape index (κ3) is 4.34. The first kappa shape index (κ1) is 16.7. The summed E-state index contributed by atoms with van der Waals surface area (Å²) < 4.78 is 31.1. The smallest absolute Gasteiger partial charge is 0.332 e. The Kier molecular flexibility index (Phi) is 5.75. The number of carboxylic acid groups (broad SMARTS) is 1. The lowest BCUT2D eigenvalue weighted by Crippen LogP contribution is -2.30. The third-order valence-corrected chi connectivity index (χ3v) is 4.15. The van der Waals surface area contributed by atoms with Crippen LogP contribution < -0.4 is 9.46 Å². The summed E-state index contributed by atoms with van der Waals surface area (Å²) in [6, 6.07) is 4.02. The van der Waals surface area contributed by atoms with E-state index in [4.69, 9.17) is 26.6 Å². The Labute approximate surface area is 121 Å². The molecule has 0 aromatic heterocycles. The fourth-order valence-electron chi connectivity index (χ4n) is 1.39. The molecule has 0 radical (unpaired) electrons. The summed E-state index contributed by atoms with van der Waals surface area (Å²) in [4.78, 5) is 10.3. The molecule has 3 N–H and O–H groups in total. The number of aliphatic carboxylic acids is 1. The van der Waals surface area contributed by atoms with Crippen molar-refractivity contribution in [2.45, 2.75) is 17.4 Å². The zero-order chi connectivity index (χ0) is 15.3. The average Bonchev–Trinajstić information content (AvgIpc) is 2.37. The number of nitrogens with one attached hydrogen (secondary N) is 1. The minimum atomic E-state index is -3.88. The molecule has 1 aromatic rings. The highest BCUT2D eigenvalue weighted by molar-refractivity contribution is 7.89. The zero-order valence-electron chi connectivity index (χ0n) is 10.5. The molecule has 0 aliphatic rings. The summed E-state index contributed by atoms with van der Waals surface area (Å²) in [5.41, 5.74) is 0. The quantitative estimate of drug-likeness (QED) is 0.672. The Morgan fingerprint density at radius 3 is 2.70 bits per heavy atom. The van der Waals surface area contributed by atoms with Crippen LogP contribution in [0.5, 0.6) is 5.75 Å². The van der Waals surface area contributed by atoms with Gasteiger partial charge < -0.3 is 14.9 Å². The Balaban J connectivity index is 2.82. The molecule has 0 fully saturated rings. The number of halogens is 1. The van der Waals surface area contributed by atoms with Crippen molar-refractivity contribution in [1.29, 1.82) is 0 Å². The summed E-state index contributed by atoms with van der Waals surface area (Å²) in [5, 5.41) is 17.9. The molecule has 1 atom stereocenters. The molecule has 0 aliphatic heterocycles. The number of aliphatic hydroxyl groups is 1. The molecule has 0 spiro atoms. The van der Waals surface area contributed by atoms with E-state index in [1.165, 1.54) is 25.3 Å². The van der Waals surface area contributed by atoms with E-state index in [-0.39, 0.29) is 23.6 Å². The molecule has 0 heterocycles. The predicted octanol–water partition coefficient (Wildman–Crippen LogP) is 0.463. The lowest BCUT2D eigenvalue weighted by atomic mass is 10.3. The fraction of sp³-hybridized carbons (Fsp3) is 0.364. The number of carbonyl (C=O) groups is 1. The first-order chi connectivity index (χ1) is 9.27. The summed E-state index contributed by atoms with van der Waals surface area (Å²) in [7, 11) is -2.57. The fourth-order valence-corrected chi connectivity index (χ4v) is 2.75. The number of rotatable bonds is 7. The van der Waals surface area contributed by atoms with Gasteiger partial charge in [-0.25, -0.2) is 17.9 Å². The standard InChI is InChI=1S/C11H14ClNO6S/c1-19-9-6-7(12)2-3-10(9)20(17,18)13-5-4-8(14)11(15)16/h2-3,6,8,13-14H,4-5H2,1H3,(H,15,16). The van der Waals surface area contributed by atoms with Gasteiger partial charge in [-0.15, -0.1) is 0 Å². The number of hydrogen-bond donors (Lipinski definition) is 3. The second kappa shape index (κ2) is 6.89. The van der Waals surface area contributed by atoms with Gasteiger partial charge in [0.1, 0.15) is 10.6 Å². The van der Waals surface area contributed by atoms with Gasteiger partial charge >= 0.3 is 5.97 Å². The summed E-state index contributed by atoms with van der Waals surface area (Å²) >= 11 is 5.73. The average molecular weight is 324 g/mol. The Morgan fingerprint density at radius 1 is 1.50 bits per heavy atom. The maximum atomic E-state index is 12.0. The van der Waals surface area contributed by atoms with Gasteiger partial charge in [0.05, 0.1) is 7.11 Å². The first-order valence-corrected chi connectivity index (χ1v) is 7.38. The van der Waals surface area contributed by atoms with Crippen molar-refractivity contribution in [3.05, 3.63) is 23.2 Å². The van der Waals surface area contributed by atoms with Crippen molar-refractivity contribution in [3.8, 4) is 5.75 Å². The number of ether oxygens (including phenoxy) is 1. The van der Waals surface area contributed by atoms with Crippen LogP contribution in [0.4, 0.5) is 0 Å². The molecule has 20 heavy (non-hydrogen) atoms. The SMILES string of the molecule is COc1cc(Cl)ccc1S(=O)(=O)NCCC(O)C(=O)O. The van der Waals surface area contributed by atoms with Crippen LogP contribution in [0.3, 0.4) is 0 Å². The molecule has 1 aromatic carbocycles. The van der Waals surface area contributed by atoms with Crippen molar-refractivity contribution >= 4 is 27.6 Å². The second-order valence-corrected chi connectivity index (χ2v) is 6.01. The van der Waals surface area contributed by atoms with Crippen molar-refractivity contribution < 1.29 is 28.2 Å². The van der Waals surface area contributed by atoms with E-state index in [0.29, 0.717) is 5.02 Å². The molecule has 0 aliphatic carbocycles. The molecular formula is C11H14ClNO6S. The monoisotopic (exact) mass is 323 g/mol. The van der Waals surface area contributed by atoms with E-state index in [2.05, 4.69) is 4.72 Å². The van der Waals surface area contributed by atoms with Crippen molar-refractivity contribution in [3.63, 3.8) is 0 Å². The van der Waals surface area contributed by atoms with Crippen molar-refractivity contribution in [2.75, 3.05) is 13.7 Å². The third-order valence-electron chi connectivity index (χ3n) is 2.41. The molecule has 0 saturated carbocycles. The predicted molar refractivity (Wildman–Crippen MR) is 71.5 cm³/mol. The summed E-state index contributed by atoms with van der Waals surface area (Å²) in [6.07, 6.45) is -1.87. The van der Waals surface area contributed by atoms with E-state index in [0.717, 1.165) is 0 Å². The Morgan fingerprint density at radius 2 is 2.15 bits per heavy atom. The van der Waals surface area contributed by atoms with E-state index in [1.54, 1.807) is 0 Å². The number of methoxy groups -OCH3 is 1. The highest BCUT2D eigenvalue weighted by atomic mass is 35.5. The largest absolute Gasteiger partial charge is 0.495 e. The van der Waals surface area contributed by atoms with Gasteiger partial charge in [-0.3, -0.25) is 0 Å². The van der Waals surface area contributed by atoms with Crippen LogP contribution in [0.1, 0.15) is 6.42 Å². The number of aliphatic hydroxyl groups excluding tert-OH is 1.